The molecular weight excluding hydrogens is 214 g/mol. The first-order chi connectivity index (χ1) is 8.25. The lowest BCUT2D eigenvalue weighted by atomic mass is 10.0. The molecule has 0 fully saturated rings. The van der Waals surface area contributed by atoms with Crippen molar-refractivity contribution in [2.45, 2.75) is 18.9 Å². The SMILES string of the molecule is NC(=O)CC(Cc1ccccc1)n1ccnc1. The van der Waals surface area contributed by atoms with Crippen LogP contribution in [0.1, 0.15) is 18.0 Å². The van der Waals surface area contributed by atoms with Crippen molar-refractivity contribution < 1.29 is 4.79 Å². The second kappa shape index (κ2) is 5.30. The number of aromatic nitrogens is 2. The topological polar surface area (TPSA) is 60.9 Å². The Morgan fingerprint density at radius 2 is 2.12 bits per heavy atom. The maximum absolute atomic E-state index is 11.1. The van der Waals surface area contributed by atoms with E-state index in [1.807, 2.05) is 41.1 Å². The highest BCUT2D eigenvalue weighted by Gasteiger charge is 2.14. The maximum Gasteiger partial charge on any atom is 0.219 e. The summed E-state index contributed by atoms with van der Waals surface area (Å²) in [5.41, 5.74) is 6.47. The molecule has 1 aromatic heterocycles. The molecule has 2 rings (SSSR count). The molecule has 2 aromatic rings. The van der Waals surface area contributed by atoms with E-state index >= 15 is 0 Å². The summed E-state index contributed by atoms with van der Waals surface area (Å²) in [5.74, 6) is -0.292. The highest BCUT2D eigenvalue weighted by atomic mass is 16.1. The lowest BCUT2D eigenvalue weighted by Crippen LogP contribution is -2.20. The van der Waals surface area contributed by atoms with Gasteiger partial charge in [0.15, 0.2) is 0 Å². The summed E-state index contributed by atoms with van der Waals surface area (Å²) < 4.78 is 1.93. The number of benzene rings is 1. The van der Waals surface area contributed by atoms with Crippen LogP contribution in [0.4, 0.5) is 0 Å². The van der Waals surface area contributed by atoms with Crippen LogP contribution in [0.3, 0.4) is 0 Å². The van der Waals surface area contributed by atoms with E-state index in [9.17, 15) is 4.79 Å². The number of carbonyl (C=O) groups excluding carboxylic acids is 1. The van der Waals surface area contributed by atoms with Crippen molar-refractivity contribution in [3.63, 3.8) is 0 Å². The van der Waals surface area contributed by atoms with Crippen LogP contribution in [-0.4, -0.2) is 15.5 Å². The number of primary amides is 1. The molecule has 1 aromatic carbocycles. The Morgan fingerprint density at radius 3 is 2.71 bits per heavy atom. The Kier molecular flexibility index (Phi) is 3.55. The van der Waals surface area contributed by atoms with Gasteiger partial charge >= 0.3 is 0 Å². The smallest absolute Gasteiger partial charge is 0.219 e. The summed E-state index contributed by atoms with van der Waals surface area (Å²) in [6, 6.07) is 10.1. The minimum absolute atomic E-state index is 0.0393. The number of carbonyl (C=O) groups is 1. The number of amides is 1. The summed E-state index contributed by atoms with van der Waals surface area (Å²) in [4.78, 5) is 15.1. The molecule has 1 atom stereocenters. The summed E-state index contributed by atoms with van der Waals surface area (Å²) >= 11 is 0. The first kappa shape index (κ1) is 11.4. The normalized spacial score (nSPS) is 12.2. The van der Waals surface area contributed by atoms with Crippen LogP contribution in [0.2, 0.25) is 0 Å². The molecule has 0 radical (unpaired) electrons. The number of hydrogen-bond acceptors (Lipinski definition) is 2. The number of imidazole rings is 1. The average Bonchev–Trinajstić information content (AvgIpc) is 2.82. The van der Waals surface area contributed by atoms with Gasteiger partial charge in [0.2, 0.25) is 5.91 Å². The van der Waals surface area contributed by atoms with E-state index in [1.165, 1.54) is 5.56 Å². The minimum atomic E-state index is -0.292. The Balaban J connectivity index is 2.14. The molecule has 1 heterocycles. The first-order valence-corrected chi connectivity index (χ1v) is 5.55. The van der Waals surface area contributed by atoms with Crippen LogP contribution in [0.15, 0.2) is 49.1 Å². The minimum Gasteiger partial charge on any atom is -0.370 e. The molecule has 0 aliphatic heterocycles. The molecular formula is C13H15N3O. The van der Waals surface area contributed by atoms with Crippen LogP contribution in [0.25, 0.3) is 0 Å². The lowest BCUT2D eigenvalue weighted by Gasteiger charge is -2.16. The van der Waals surface area contributed by atoms with Crippen molar-refractivity contribution in [2.75, 3.05) is 0 Å². The quantitative estimate of drug-likeness (QED) is 0.845. The van der Waals surface area contributed by atoms with Crippen LogP contribution in [-0.2, 0) is 11.2 Å². The van der Waals surface area contributed by atoms with Gasteiger partial charge in [-0.1, -0.05) is 30.3 Å². The molecule has 0 saturated carbocycles. The standard InChI is InChI=1S/C13H15N3O/c14-13(17)9-12(16-7-6-15-10-16)8-11-4-2-1-3-5-11/h1-7,10,12H,8-9H2,(H2,14,17). The molecule has 1 amide bonds. The van der Waals surface area contributed by atoms with Crippen molar-refractivity contribution in [1.82, 2.24) is 9.55 Å². The predicted octanol–water partition coefficient (Wildman–Crippen LogP) is 1.54. The number of hydrogen-bond donors (Lipinski definition) is 1. The van der Waals surface area contributed by atoms with E-state index in [1.54, 1.807) is 12.5 Å². The third kappa shape index (κ3) is 3.17. The number of nitrogens with two attached hydrogens (primary N) is 1. The third-order valence-corrected chi connectivity index (χ3v) is 2.70. The van der Waals surface area contributed by atoms with E-state index in [-0.39, 0.29) is 11.9 Å². The van der Waals surface area contributed by atoms with E-state index < -0.39 is 0 Å². The lowest BCUT2D eigenvalue weighted by molar-refractivity contribution is -0.118. The molecule has 4 heteroatoms. The first-order valence-electron chi connectivity index (χ1n) is 5.55. The summed E-state index contributed by atoms with van der Waals surface area (Å²) in [5, 5.41) is 0. The molecule has 2 N–H and O–H groups in total. The highest BCUT2D eigenvalue weighted by molar-refractivity contribution is 5.74. The van der Waals surface area contributed by atoms with Gasteiger partial charge in [0.25, 0.3) is 0 Å². The van der Waals surface area contributed by atoms with Crippen LogP contribution in [0.5, 0.6) is 0 Å². The molecule has 0 aliphatic carbocycles. The molecule has 0 aliphatic rings. The predicted molar refractivity (Wildman–Crippen MR) is 65.2 cm³/mol. The zero-order chi connectivity index (χ0) is 12.1. The van der Waals surface area contributed by atoms with Crippen LogP contribution >= 0.6 is 0 Å². The van der Waals surface area contributed by atoms with E-state index in [2.05, 4.69) is 4.98 Å². The zero-order valence-electron chi connectivity index (χ0n) is 9.49. The van der Waals surface area contributed by atoms with Crippen LogP contribution < -0.4 is 5.73 Å². The molecule has 17 heavy (non-hydrogen) atoms. The second-order valence-corrected chi connectivity index (χ2v) is 4.02. The summed E-state index contributed by atoms with van der Waals surface area (Å²) in [7, 11) is 0. The molecule has 0 spiro atoms. The molecule has 88 valence electrons. The fourth-order valence-corrected chi connectivity index (χ4v) is 1.89. The van der Waals surface area contributed by atoms with Crippen molar-refractivity contribution >= 4 is 5.91 Å². The summed E-state index contributed by atoms with van der Waals surface area (Å²) in [6.45, 7) is 0. The molecule has 4 nitrogen and oxygen atoms in total. The van der Waals surface area contributed by atoms with E-state index in [0.717, 1.165) is 6.42 Å². The van der Waals surface area contributed by atoms with Crippen molar-refractivity contribution in [1.29, 1.82) is 0 Å². The van der Waals surface area contributed by atoms with Gasteiger partial charge in [0.05, 0.1) is 6.33 Å². The zero-order valence-corrected chi connectivity index (χ0v) is 9.49. The van der Waals surface area contributed by atoms with Gasteiger partial charge in [-0.2, -0.15) is 0 Å². The van der Waals surface area contributed by atoms with Crippen molar-refractivity contribution in [3.05, 3.63) is 54.6 Å². The van der Waals surface area contributed by atoms with Crippen molar-refractivity contribution in [3.8, 4) is 0 Å². The van der Waals surface area contributed by atoms with Gasteiger partial charge in [-0.15, -0.1) is 0 Å². The van der Waals surface area contributed by atoms with E-state index in [4.69, 9.17) is 5.73 Å². The van der Waals surface area contributed by atoms with Gasteiger partial charge in [-0.3, -0.25) is 4.79 Å². The fourth-order valence-electron chi connectivity index (χ4n) is 1.89. The van der Waals surface area contributed by atoms with Crippen molar-refractivity contribution in [2.24, 2.45) is 5.73 Å². The monoisotopic (exact) mass is 229 g/mol. The van der Waals surface area contributed by atoms with Gasteiger partial charge in [0.1, 0.15) is 0 Å². The second-order valence-electron chi connectivity index (χ2n) is 4.02. The largest absolute Gasteiger partial charge is 0.370 e. The Hall–Kier alpha value is -2.10. The Bertz CT molecular complexity index is 465. The molecule has 0 saturated heterocycles. The van der Waals surface area contributed by atoms with Gasteiger partial charge in [-0.25, -0.2) is 4.98 Å². The van der Waals surface area contributed by atoms with Gasteiger partial charge in [-0.05, 0) is 12.0 Å². The average molecular weight is 229 g/mol. The summed E-state index contributed by atoms with van der Waals surface area (Å²) in [6.07, 6.45) is 6.39. The van der Waals surface area contributed by atoms with Gasteiger partial charge in [0, 0.05) is 24.9 Å². The van der Waals surface area contributed by atoms with Gasteiger partial charge < -0.3 is 10.3 Å². The maximum atomic E-state index is 11.1. The van der Waals surface area contributed by atoms with E-state index in [0.29, 0.717) is 6.42 Å². The highest BCUT2D eigenvalue weighted by Crippen LogP contribution is 2.17. The fraction of sp³-hybridized carbons (Fsp3) is 0.231. The Morgan fingerprint density at radius 1 is 1.35 bits per heavy atom. The Labute approximate surface area is 100 Å². The molecule has 1 unspecified atom stereocenters. The number of nitrogens with zero attached hydrogens (tertiary/aromatic N) is 2. The third-order valence-electron chi connectivity index (χ3n) is 2.70. The number of rotatable bonds is 5. The van der Waals surface area contributed by atoms with Crippen LogP contribution in [0, 0.1) is 0 Å². The molecule has 0 bridgehead atoms.